The molecule has 164 valence electrons. The second-order valence-electron chi connectivity index (χ2n) is 7.69. The molecule has 11 heteroatoms. The molecule has 2 aromatic carbocycles. The minimum atomic E-state index is -4.06. The molecule has 2 aromatic rings. The number of Topliss-reactive ketones (excluding diaryl/α,β-unsaturated/α-hetero) is 1. The lowest BCUT2D eigenvalue weighted by Gasteiger charge is -2.44. The number of primary sulfonamides is 1. The number of carbonyl (C=O) groups excluding carboxylic acids is 1. The number of anilines is 1. The molecule has 2 N–H and O–H groups in total. The van der Waals surface area contributed by atoms with E-state index in [1.165, 1.54) is 19.2 Å². The Hall–Kier alpha value is -3.18. The van der Waals surface area contributed by atoms with Crippen LogP contribution in [0.2, 0.25) is 0 Å². The van der Waals surface area contributed by atoms with E-state index in [1.807, 2.05) is 0 Å². The highest BCUT2D eigenvalue weighted by atomic mass is 32.2. The maximum Gasteiger partial charge on any atom is 0.293 e. The van der Waals surface area contributed by atoms with Crippen LogP contribution in [0.5, 0.6) is 11.5 Å². The number of hydrogen-bond acceptors (Lipinski definition) is 8. The van der Waals surface area contributed by atoms with Gasteiger partial charge in [-0.3, -0.25) is 14.9 Å². The third-order valence-corrected chi connectivity index (χ3v) is 6.69. The van der Waals surface area contributed by atoms with Crippen LogP contribution >= 0.6 is 0 Å². The summed E-state index contributed by atoms with van der Waals surface area (Å²) in [5, 5.41) is 16.6. The van der Waals surface area contributed by atoms with Crippen LogP contribution in [-0.4, -0.2) is 44.9 Å². The van der Waals surface area contributed by atoms with Crippen LogP contribution in [0.4, 0.5) is 11.4 Å². The summed E-state index contributed by atoms with van der Waals surface area (Å²) < 4.78 is 34.5. The smallest absolute Gasteiger partial charge is 0.293 e. The van der Waals surface area contributed by atoms with Crippen molar-refractivity contribution in [2.75, 3.05) is 25.1 Å². The number of rotatable bonds is 4. The summed E-state index contributed by atoms with van der Waals surface area (Å²) in [6, 6.07) is 8.73. The number of fused-ring (bicyclic) bond motifs is 1. The molecule has 0 atom stereocenters. The Morgan fingerprint density at radius 1 is 1.19 bits per heavy atom. The lowest BCUT2D eigenvalue weighted by atomic mass is 9.82. The summed E-state index contributed by atoms with van der Waals surface area (Å²) >= 11 is 0. The lowest BCUT2D eigenvalue weighted by molar-refractivity contribution is -0.384. The topological polar surface area (TPSA) is 142 Å². The maximum absolute atomic E-state index is 12.7. The number of nitro benzene ring substituents is 1. The summed E-state index contributed by atoms with van der Waals surface area (Å²) in [6.07, 6.45) is 1.18. The summed E-state index contributed by atoms with van der Waals surface area (Å²) in [7, 11) is -2.53. The van der Waals surface area contributed by atoms with Crippen LogP contribution in [0, 0.1) is 10.1 Å². The summed E-state index contributed by atoms with van der Waals surface area (Å²) in [5.74, 6) is 1.06. The number of ether oxygens (including phenoxy) is 2. The Balaban J connectivity index is 1.56. The largest absolute Gasteiger partial charge is 0.497 e. The first-order valence-corrected chi connectivity index (χ1v) is 11.1. The molecule has 31 heavy (non-hydrogen) atoms. The molecule has 0 amide bonds. The molecule has 2 heterocycles. The quantitative estimate of drug-likeness (QED) is 0.555. The molecule has 0 aromatic heterocycles. The molecule has 4 rings (SSSR count). The maximum atomic E-state index is 12.7. The number of carbonyl (C=O) groups is 1. The molecule has 0 bridgehead atoms. The van der Waals surface area contributed by atoms with Crippen LogP contribution in [0.15, 0.2) is 41.3 Å². The molecule has 2 aliphatic heterocycles. The monoisotopic (exact) mass is 447 g/mol. The predicted octanol–water partition coefficient (Wildman–Crippen LogP) is 2.26. The van der Waals surface area contributed by atoms with Crippen molar-refractivity contribution in [1.82, 2.24) is 0 Å². The first kappa shape index (κ1) is 21.1. The molecule has 0 aliphatic carbocycles. The lowest BCUT2D eigenvalue weighted by Crippen LogP contribution is -2.51. The highest BCUT2D eigenvalue weighted by Crippen LogP contribution is 2.42. The minimum absolute atomic E-state index is 0.0305. The van der Waals surface area contributed by atoms with Gasteiger partial charge in [-0.05, 0) is 30.3 Å². The van der Waals surface area contributed by atoms with Crippen LogP contribution in [-0.2, 0) is 10.0 Å². The zero-order valence-corrected chi connectivity index (χ0v) is 17.6. The Labute approximate surface area is 178 Å². The number of nitrogens with zero attached hydrogens (tertiary/aromatic N) is 2. The van der Waals surface area contributed by atoms with Crippen LogP contribution in [0.3, 0.4) is 0 Å². The number of nitro groups is 1. The van der Waals surface area contributed by atoms with E-state index in [0.717, 1.165) is 6.07 Å². The van der Waals surface area contributed by atoms with Crippen molar-refractivity contribution in [3.05, 3.63) is 52.1 Å². The van der Waals surface area contributed by atoms with Crippen molar-refractivity contribution in [2.45, 2.75) is 29.8 Å². The van der Waals surface area contributed by atoms with Crippen molar-refractivity contribution in [3.63, 3.8) is 0 Å². The van der Waals surface area contributed by atoms with Gasteiger partial charge in [0.25, 0.3) is 5.69 Å². The van der Waals surface area contributed by atoms with Gasteiger partial charge in [0.15, 0.2) is 5.78 Å². The minimum Gasteiger partial charge on any atom is -0.497 e. The van der Waals surface area contributed by atoms with Crippen LogP contribution < -0.4 is 19.5 Å². The number of piperidine rings is 1. The first-order chi connectivity index (χ1) is 14.6. The van der Waals surface area contributed by atoms with Gasteiger partial charge in [-0.15, -0.1) is 0 Å². The molecule has 1 spiro atoms. The summed E-state index contributed by atoms with van der Waals surface area (Å²) in [5.41, 5.74) is -0.216. The zero-order valence-electron chi connectivity index (χ0n) is 16.7. The van der Waals surface area contributed by atoms with Gasteiger partial charge < -0.3 is 14.4 Å². The molecule has 1 fully saturated rings. The second kappa shape index (κ2) is 7.50. The third-order valence-electron chi connectivity index (χ3n) is 5.78. The van der Waals surface area contributed by atoms with Gasteiger partial charge in [-0.2, -0.15) is 0 Å². The fourth-order valence-corrected chi connectivity index (χ4v) is 4.66. The Bertz CT molecular complexity index is 1170. The van der Waals surface area contributed by atoms with Crippen molar-refractivity contribution < 1.29 is 27.6 Å². The molecule has 10 nitrogen and oxygen atoms in total. The zero-order chi connectivity index (χ0) is 22.4. The number of ketones is 1. The average molecular weight is 447 g/mol. The fraction of sp³-hybridized carbons (Fsp3) is 0.350. The van der Waals surface area contributed by atoms with Crippen molar-refractivity contribution >= 4 is 27.2 Å². The van der Waals surface area contributed by atoms with Crippen LogP contribution in [0.25, 0.3) is 0 Å². The van der Waals surface area contributed by atoms with Crippen molar-refractivity contribution in [2.24, 2.45) is 5.14 Å². The molecule has 0 saturated carbocycles. The van der Waals surface area contributed by atoms with E-state index < -0.39 is 20.5 Å². The number of benzene rings is 2. The molecule has 2 aliphatic rings. The van der Waals surface area contributed by atoms with Gasteiger partial charge >= 0.3 is 0 Å². The van der Waals surface area contributed by atoms with Gasteiger partial charge in [-0.25, -0.2) is 13.6 Å². The van der Waals surface area contributed by atoms with E-state index in [2.05, 4.69) is 0 Å². The second-order valence-corrected chi connectivity index (χ2v) is 9.25. The van der Waals surface area contributed by atoms with E-state index in [-0.39, 0.29) is 22.8 Å². The summed E-state index contributed by atoms with van der Waals surface area (Å²) in [6.45, 7) is 0.822. The van der Waals surface area contributed by atoms with E-state index in [0.29, 0.717) is 48.7 Å². The first-order valence-electron chi connectivity index (χ1n) is 9.58. The third kappa shape index (κ3) is 3.93. The fourth-order valence-electron chi connectivity index (χ4n) is 4.13. The Morgan fingerprint density at radius 2 is 1.90 bits per heavy atom. The highest BCUT2D eigenvalue weighted by Gasteiger charge is 2.43. The van der Waals surface area contributed by atoms with Crippen LogP contribution in [0.1, 0.15) is 29.6 Å². The highest BCUT2D eigenvalue weighted by molar-refractivity contribution is 7.89. The van der Waals surface area contributed by atoms with Gasteiger partial charge in [0, 0.05) is 32.0 Å². The average Bonchev–Trinajstić information content (AvgIpc) is 2.73. The Morgan fingerprint density at radius 3 is 2.52 bits per heavy atom. The Kier molecular flexibility index (Phi) is 5.10. The molecule has 0 radical (unpaired) electrons. The number of hydrogen-bond donors (Lipinski definition) is 1. The predicted molar refractivity (Wildman–Crippen MR) is 111 cm³/mol. The van der Waals surface area contributed by atoms with E-state index in [4.69, 9.17) is 14.6 Å². The summed E-state index contributed by atoms with van der Waals surface area (Å²) in [4.78, 5) is 25.1. The van der Waals surface area contributed by atoms with Crippen molar-refractivity contribution in [1.29, 1.82) is 0 Å². The molecular formula is C20H21N3O7S. The number of sulfonamides is 1. The van der Waals surface area contributed by atoms with Gasteiger partial charge in [0.1, 0.15) is 22.8 Å². The van der Waals surface area contributed by atoms with Gasteiger partial charge in [-0.1, -0.05) is 0 Å². The molecule has 0 unspecified atom stereocenters. The van der Waals surface area contributed by atoms with E-state index in [9.17, 15) is 23.3 Å². The van der Waals surface area contributed by atoms with Crippen molar-refractivity contribution in [3.8, 4) is 11.5 Å². The normalized spacial score (nSPS) is 17.7. The van der Waals surface area contributed by atoms with Gasteiger partial charge in [0.05, 0.1) is 28.9 Å². The molecule has 1 saturated heterocycles. The SMILES string of the molecule is COc1ccc2c(c1)C(=O)CC1(CCN(c3ccc(S(N)(=O)=O)cc3[N+](=O)[O-])CC1)O2. The van der Waals surface area contributed by atoms with E-state index in [1.54, 1.807) is 23.1 Å². The number of nitrogens with two attached hydrogens (primary N) is 1. The van der Waals surface area contributed by atoms with E-state index >= 15 is 0 Å². The van der Waals surface area contributed by atoms with Gasteiger partial charge in [0.2, 0.25) is 10.0 Å². The number of methoxy groups -OCH3 is 1. The molecular weight excluding hydrogens is 426 g/mol. The standard InChI is InChI=1S/C20H21N3O7S/c1-29-13-2-5-19-15(10-13)18(24)12-20(30-19)6-8-22(9-7-20)16-4-3-14(31(21,27)28)11-17(16)23(25)26/h2-5,10-11H,6-9,12H2,1H3,(H2,21,27,28).